The molecule has 6 heteroatoms. The predicted molar refractivity (Wildman–Crippen MR) is 103 cm³/mol. The van der Waals surface area contributed by atoms with Crippen LogP contribution in [0.5, 0.6) is 5.75 Å². The van der Waals surface area contributed by atoms with E-state index in [1.807, 2.05) is 30.3 Å². The third-order valence-electron chi connectivity index (χ3n) is 4.70. The molecule has 6 nitrogen and oxygen atoms in total. The van der Waals surface area contributed by atoms with Crippen molar-refractivity contribution in [3.8, 4) is 5.75 Å². The monoisotopic (exact) mass is 372 g/mol. The van der Waals surface area contributed by atoms with Gasteiger partial charge in [-0.3, -0.25) is 9.69 Å². The Balaban J connectivity index is 1.65. The molecule has 146 valence electrons. The molecule has 0 radical (unpaired) electrons. The second kappa shape index (κ2) is 10.1. The average Bonchev–Trinajstić information content (AvgIpc) is 3.24. The molecule has 1 fully saturated rings. The van der Waals surface area contributed by atoms with E-state index in [0.717, 1.165) is 31.7 Å². The number of nitrogens with zero attached hydrogens (tertiary/aromatic N) is 1. The molecule has 1 aliphatic heterocycles. The summed E-state index contributed by atoms with van der Waals surface area (Å²) in [5.41, 5.74) is 0.564. The van der Waals surface area contributed by atoms with E-state index in [1.54, 1.807) is 12.3 Å². The molecular formula is C21H28N2O4. The Morgan fingerprint density at radius 3 is 2.78 bits per heavy atom. The van der Waals surface area contributed by atoms with Crippen molar-refractivity contribution in [1.29, 1.82) is 0 Å². The van der Waals surface area contributed by atoms with E-state index in [1.165, 1.54) is 0 Å². The first-order valence-electron chi connectivity index (χ1n) is 9.65. The van der Waals surface area contributed by atoms with Gasteiger partial charge in [-0.15, -0.1) is 0 Å². The Bertz CT molecular complexity index is 696. The fourth-order valence-electron chi connectivity index (χ4n) is 3.17. The van der Waals surface area contributed by atoms with Gasteiger partial charge in [0, 0.05) is 19.6 Å². The summed E-state index contributed by atoms with van der Waals surface area (Å²) in [6.07, 6.45) is 3.69. The number of hydrogen-bond acceptors (Lipinski definition) is 5. The lowest BCUT2D eigenvalue weighted by molar-refractivity contribution is 0.0118. The second-order valence-corrected chi connectivity index (χ2v) is 6.59. The lowest BCUT2D eigenvalue weighted by atomic mass is 10.1. The van der Waals surface area contributed by atoms with Crippen LogP contribution in [0, 0.1) is 0 Å². The maximum atomic E-state index is 12.8. The Morgan fingerprint density at radius 2 is 2.04 bits per heavy atom. The van der Waals surface area contributed by atoms with E-state index in [0.29, 0.717) is 37.7 Å². The number of carbonyl (C=O) groups excluding carboxylic acids is 1. The fourth-order valence-corrected chi connectivity index (χ4v) is 3.17. The molecule has 0 unspecified atom stereocenters. The van der Waals surface area contributed by atoms with E-state index in [4.69, 9.17) is 13.9 Å². The quantitative estimate of drug-likeness (QED) is 0.685. The van der Waals surface area contributed by atoms with E-state index < -0.39 is 0 Å². The SMILES string of the molecule is CCCCOc1ccccc1C(=O)NC[C@H](c1ccco1)N1CCOCC1. The van der Waals surface area contributed by atoms with Crippen molar-refractivity contribution < 1.29 is 18.7 Å². The maximum absolute atomic E-state index is 12.8. The van der Waals surface area contributed by atoms with Crippen molar-refractivity contribution >= 4 is 5.91 Å². The van der Waals surface area contributed by atoms with Crippen LogP contribution in [0.3, 0.4) is 0 Å². The summed E-state index contributed by atoms with van der Waals surface area (Å²) >= 11 is 0. The Labute approximate surface area is 160 Å². The fraction of sp³-hybridized carbons (Fsp3) is 0.476. The van der Waals surface area contributed by atoms with Crippen molar-refractivity contribution in [2.24, 2.45) is 0 Å². The summed E-state index contributed by atoms with van der Waals surface area (Å²) in [6, 6.07) is 11.2. The minimum absolute atomic E-state index is 0.0129. The summed E-state index contributed by atoms with van der Waals surface area (Å²) in [7, 11) is 0. The second-order valence-electron chi connectivity index (χ2n) is 6.59. The number of furan rings is 1. The lowest BCUT2D eigenvalue weighted by Crippen LogP contribution is -2.43. The Morgan fingerprint density at radius 1 is 1.22 bits per heavy atom. The summed E-state index contributed by atoms with van der Waals surface area (Å²) in [6.45, 7) is 6.22. The molecule has 2 aromatic rings. The van der Waals surface area contributed by atoms with Gasteiger partial charge in [0.15, 0.2) is 0 Å². The van der Waals surface area contributed by atoms with Gasteiger partial charge < -0.3 is 19.2 Å². The molecule has 1 aromatic carbocycles. The molecule has 1 N–H and O–H groups in total. The molecule has 1 saturated heterocycles. The summed E-state index contributed by atoms with van der Waals surface area (Å²) in [5, 5.41) is 3.05. The first-order valence-corrected chi connectivity index (χ1v) is 9.65. The van der Waals surface area contributed by atoms with Gasteiger partial charge in [-0.2, -0.15) is 0 Å². The van der Waals surface area contributed by atoms with Crippen LogP contribution < -0.4 is 10.1 Å². The first-order chi connectivity index (χ1) is 13.3. The van der Waals surface area contributed by atoms with Crippen LogP contribution in [0.4, 0.5) is 0 Å². The molecule has 0 aliphatic carbocycles. The molecule has 1 aromatic heterocycles. The van der Waals surface area contributed by atoms with E-state index in [9.17, 15) is 4.79 Å². The molecule has 0 bridgehead atoms. The van der Waals surface area contributed by atoms with Gasteiger partial charge in [0.25, 0.3) is 5.91 Å². The molecule has 3 rings (SSSR count). The largest absolute Gasteiger partial charge is 0.493 e. The van der Waals surface area contributed by atoms with Crippen molar-refractivity contribution in [2.75, 3.05) is 39.5 Å². The number of rotatable bonds is 9. The molecule has 1 aliphatic rings. The van der Waals surface area contributed by atoms with Gasteiger partial charge in [-0.1, -0.05) is 25.5 Å². The van der Waals surface area contributed by atoms with Gasteiger partial charge in [0.05, 0.1) is 37.7 Å². The highest BCUT2D eigenvalue weighted by Crippen LogP contribution is 2.23. The zero-order valence-electron chi connectivity index (χ0n) is 15.9. The molecule has 1 atom stereocenters. The first kappa shape index (κ1) is 19.5. The maximum Gasteiger partial charge on any atom is 0.255 e. The minimum Gasteiger partial charge on any atom is -0.493 e. The molecular weight excluding hydrogens is 344 g/mol. The molecule has 27 heavy (non-hydrogen) atoms. The van der Waals surface area contributed by atoms with Crippen LogP contribution in [0.25, 0.3) is 0 Å². The van der Waals surface area contributed by atoms with E-state index >= 15 is 0 Å². The van der Waals surface area contributed by atoms with E-state index in [-0.39, 0.29) is 11.9 Å². The molecule has 0 saturated carbocycles. The number of hydrogen-bond donors (Lipinski definition) is 1. The zero-order valence-corrected chi connectivity index (χ0v) is 15.9. The summed E-state index contributed by atoms with van der Waals surface area (Å²) < 4.78 is 16.9. The predicted octanol–water partition coefficient (Wildman–Crippen LogP) is 3.26. The Kier molecular flexibility index (Phi) is 7.30. The standard InChI is InChI=1S/C21H28N2O4/c1-2-3-12-26-19-8-5-4-7-17(19)21(24)22-16-18(20-9-6-13-27-20)23-10-14-25-15-11-23/h4-9,13,18H,2-3,10-12,14-16H2,1H3,(H,22,24)/t18-/m1/s1. The number of carbonyl (C=O) groups is 1. The summed E-state index contributed by atoms with van der Waals surface area (Å²) in [5.74, 6) is 1.35. The van der Waals surface area contributed by atoms with E-state index in [2.05, 4.69) is 17.1 Å². The van der Waals surface area contributed by atoms with Gasteiger partial charge in [0.2, 0.25) is 0 Å². The third kappa shape index (κ3) is 5.34. The number of amides is 1. The normalized spacial score (nSPS) is 16.0. The van der Waals surface area contributed by atoms with Crippen LogP contribution in [-0.4, -0.2) is 50.3 Å². The Hall–Kier alpha value is -2.31. The minimum atomic E-state index is -0.132. The van der Waals surface area contributed by atoms with Crippen LogP contribution in [-0.2, 0) is 4.74 Å². The summed E-state index contributed by atoms with van der Waals surface area (Å²) in [4.78, 5) is 15.1. The number of nitrogens with one attached hydrogen (secondary N) is 1. The number of morpholine rings is 1. The number of para-hydroxylation sites is 1. The van der Waals surface area contributed by atoms with Crippen LogP contribution in [0.1, 0.15) is 41.9 Å². The van der Waals surface area contributed by atoms with Gasteiger partial charge in [0.1, 0.15) is 11.5 Å². The van der Waals surface area contributed by atoms with Crippen LogP contribution >= 0.6 is 0 Å². The number of ether oxygens (including phenoxy) is 2. The van der Waals surface area contributed by atoms with Gasteiger partial charge in [-0.25, -0.2) is 0 Å². The highest BCUT2D eigenvalue weighted by Gasteiger charge is 2.25. The zero-order chi connectivity index (χ0) is 18.9. The van der Waals surface area contributed by atoms with Crippen LogP contribution in [0.2, 0.25) is 0 Å². The smallest absolute Gasteiger partial charge is 0.255 e. The highest BCUT2D eigenvalue weighted by atomic mass is 16.5. The van der Waals surface area contributed by atoms with Gasteiger partial charge >= 0.3 is 0 Å². The molecule has 0 spiro atoms. The van der Waals surface area contributed by atoms with Crippen molar-refractivity contribution in [1.82, 2.24) is 10.2 Å². The van der Waals surface area contributed by atoms with Crippen molar-refractivity contribution in [2.45, 2.75) is 25.8 Å². The number of unbranched alkanes of at least 4 members (excludes halogenated alkanes) is 1. The third-order valence-corrected chi connectivity index (χ3v) is 4.70. The molecule has 2 heterocycles. The number of benzene rings is 1. The topological polar surface area (TPSA) is 63.9 Å². The van der Waals surface area contributed by atoms with Crippen molar-refractivity contribution in [3.63, 3.8) is 0 Å². The molecule has 1 amide bonds. The van der Waals surface area contributed by atoms with Crippen LogP contribution in [0.15, 0.2) is 47.1 Å². The average molecular weight is 372 g/mol. The lowest BCUT2D eigenvalue weighted by Gasteiger charge is -2.33. The van der Waals surface area contributed by atoms with Crippen molar-refractivity contribution in [3.05, 3.63) is 54.0 Å². The highest BCUT2D eigenvalue weighted by molar-refractivity contribution is 5.96. The van der Waals surface area contributed by atoms with Gasteiger partial charge in [-0.05, 0) is 30.7 Å².